The molecule has 7 nitrogen and oxygen atoms in total. The molecular formula is C12H18N4O3. The molecule has 0 aliphatic rings. The molecule has 0 atom stereocenters. The predicted octanol–water partition coefficient (Wildman–Crippen LogP) is 0.526. The minimum absolute atomic E-state index is 0.0198. The smallest absolute Gasteiger partial charge is 0.338 e. The lowest BCUT2D eigenvalue weighted by Gasteiger charge is -2.20. The van der Waals surface area contributed by atoms with Crippen molar-refractivity contribution in [3.8, 4) is 0 Å². The van der Waals surface area contributed by atoms with Gasteiger partial charge in [-0.1, -0.05) is 0 Å². The number of aromatic carboxylic acids is 1. The molecule has 0 radical (unpaired) electrons. The first-order valence-corrected chi connectivity index (χ1v) is 6.03. The van der Waals surface area contributed by atoms with Crippen molar-refractivity contribution in [3.05, 3.63) is 18.0 Å². The molecule has 0 saturated carbocycles. The minimum atomic E-state index is -1.08. The second-order valence-electron chi connectivity index (χ2n) is 4.31. The molecule has 1 aromatic rings. The van der Waals surface area contributed by atoms with Gasteiger partial charge in [0.05, 0.1) is 12.1 Å². The van der Waals surface area contributed by atoms with E-state index < -0.39 is 5.97 Å². The first-order chi connectivity index (χ1) is 8.93. The van der Waals surface area contributed by atoms with Crippen molar-refractivity contribution in [2.45, 2.75) is 26.8 Å². The Labute approximate surface area is 111 Å². The number of likely N-dealkylation sites (N-methyl/N-ethyl adjacent to an activating group) is 1. The zero-order valence-corrected chi connectivity index (χ0v) is 11.3. The summed E-state index contributed by atoms with van der Waals surface area (Å²) in [6.45, 7) is 6.33. The monoisotopic (exact) mass is 266 g/mol. The average Bonchev–Trinajstić information content (AvgIpc) is 2.35. The molecule has 104 valence electrons. The van der Waals surface area contributed by atoms with Crippen molar-refractivity contribution in [1.82, 2.24) is 15.3 Å². The Kier molecular flexibility index (Phi) is 5.23. The minimum Gasteiger partial charge on any atom is -0.478 e. The maximum atomic E-state index is 11.7. The van der Waals surface area contributed by atoms with Crippen molar-refractivity contribution < 1.29 is 14.7 Å². The quantitative estimate of drug-likeness (QED) is 0.779. The molecule has 1 amide bonds. The fourth-order valence-corrected chi connectivity index (χ4v) is 1.46. The molecule has 2 N–H and O–H groups in total. The molecule has 19 heavy (non-hydrogen) atoms. The third-order valence-electron chi connectivity index (χ3n) is 2.33. The number of carbonyl (C=O) groups excluding carboxylic acids is 1. The van der Waals surface area contributed by atoms with E-state index in [-0.39, 0.29) is 24.1 Å². The number of amides is 1. The van der Waals surface area contributed by atoms with Gasteiger partial charge in [-0.2, -0.15) is 0 Å². The standard InChI is InChI=1S/C12H18N4O3/c1-4-16(7-10(17)15-8(2)3)12-13-5-9(6-14-12)11(18)19/h5-6,8H,4,7H2,1-3H3,(H,15,17)(H,18,19). The second-order valence-corrected chi connectivity index (χ2v) is 4.31. The Morgan fingerprint density at radius 3 is 2.37 bits per heavy atom. The van der Waals surface area contributed by atoms with Gasteiger partial charge in [-0.3, -0.25) is 4.79 Å². The molecule has 1 rings (SSSR count). The second kappa shape index (κ2) is 6.67. The summed E-state index contributed by atoms with van der Waals surface area (Å²) in [5, 5.41) is 11.5. The highest BCUT2D eigenvalue weighted by atomic mass is 16.4. The molecule has 0 aliphatic heterocycles. The van der Waals surface area contributed by atoms with E-state index in [0.29, 0.717) is 12.5 Å². The number of carboxylic acid groups (broad SMARTS) is 1. The molecule has 1 heterocycles. The van der Waals surface area contributed by atoms with Crippen LogP contribution in [0.1, 0.15) is 31.1 Å². The van der Waals surface area contributed by atoms with Gasteiger partial charge in [-0.05, 0) is 20.8 Å². The van der Waals surface area contributed by atoms with E-state index in [1.165, 1.54) is 12.4 Å². The van der Waals surface area contributed by atoms with Crippen LogP contribution in [0.5, 0.6) is 0 Å². The van der Waals surface area contributed by atoms with Gasteiger partial charge < -0.3 is 15.3 Å². The normalized spacial score (nSPS) is 10.3. The third-order valence-corrected chi connectivity index (χ3v) is 2.33. The average molecular weight is 266 g/mol. The Hall–Kier alpha value is -2.18. The van der Waals surface area contributed by atoms with Gasteiger partial charge >= 0.3 is 5.97 Å². The molecule has 1 aromatic heterocycles. The van der Waals surface area contributed by atoms with Crippen LogP contribution >= 0.6 is 0 Å². The van der Waals surface area contributed by atoms with Gasteiger partial charge in [0.1, 0.15) is 0 Å². The molecule has 0 bridgehead atoms. The molecule has 0 saturated heterocycles. The SMILES string of the molecule is CCN(CC(=O)NC(C)C)c1ncc(C(=O)O)cn1. The summed E-state index contributed by atoms with van der Waals surface area (Å²) in [7, 11) is 0. The Bertz CT molecular complexity index is 445. The number of anilines is 1. The van der Waals surface area contributed by atoms with E-state index in [2.05, 4.69) is 15.3 Å². The highest BCUT2D eigenvalue weighted by molar-refractivity contribution is 5.87. The van der Waals surface area contributed by atoms with Crippen molar-refractivity contribution in [1.29, 1.82) is 0 Å². The van der Waals surface area contributed by atoms with Crippen molar-refractivity contribution in [2.75, 3.05) is 18.0 Å². The van der Waals surface area contributed by atoms with Crippen LogP contribution < -0.4 is 10.2 Å². The lowest BCUT2D eigenvalue weighted by atomic mass is 10.3. The van der Waals surface area contributed by atoms with Crippen LogP contribution in [0.15, 0.2) is 12.4 Å². The maximum absolute atomic E-state index is 11.7. The van der Waals surface area contributed by atoms with Crippen LogP contribution in [0.4, 0.5) is 5.95 Å². The molecule has 0 unspecified atom stereocenters. The zero-order valence-electron chi connectivity index (χ0n) is 11.3. The van der Waals surface area contributed by atoms with Gasteiger partial charge in [0, 0.05) is 25.0 Å². The summed E-state index contributed by atoms with van der Waals surface area (Å²) in [4.78, 5) is 31.9. The summed E-state index contributed by atoms with van der Waals surface area (Å²) in [5.74, 6) is -0.860. The number of hydrogen-bond donors (Lipinski definition) is 2. The van der Waals surface area contributed by atoms with Crippen molar-refractivity contribution in [2.24, 2.45) is 0 Å². The van der Waals surface area contributed by atoms with E-state index in [4.69, 9.17) is 5.11 Å². The van der Waals surface area contributed by atoms with Crippen LogP contribution in [0, 0.1) is 0 Å². The Morgan fingerprint density at radius 2 is 1.95 bits per heavy atom. The fourth-order valence-electron chi connectivity index (χ4n) is 1.46. The molecule has 0 aromatic carbocycles. The maximum Gasteiger partial charge on any atom is 0.338 e. The molecule has 0 aliphatic carbocycles. The number of carbonyl (C=O) groups is 2. The number of carboxylic acids is 1. The number of aromatic nitrogens is 2. The first kappa shape index (κ1) is 14.9. The Balaban J connectivity index is 2.74. The molecule has 7 heteroatoms. The number of hydrogen-bond acceptors (Lipinski definition) is 5. The predicted molar refractivity (Wildman–Crippen MR) is 70.2 cm³/mol. The number of nitrogens with zero attached hydrogens (tertiary/aromatic N) is 3. The highest BCUT2D eigenvalue weighted by Crippen LogP contribution is 2.06. The van der Waals surface area contributed by atoms with Gasteiger partial charge in [0.25, 0.3) is 0 Å². The zero-order chi connectivity index (χ0) is 14.4. The summed E-state index contributed by atoms with van der Waals surface area (Å²) in [6.07, 6.45) is 2.46. The summed E-state index contributed by atoms with van der Waals surface area (Å²) in [6, 6.07) is 0.0708. The van der Waals surface area contributed by atoms with Gasteiger partial charge in [-0.15, -0.1) is 0 Å². The summed E-state index contributed by atoms with van der Waals surface area (Å²) >= 11 is 0. The van der Waals surface area contributed by atoms with Crippen LogP contribution in [-0.2, 0) is 4.79 Å². The van der Waals surface area contributed by atoms with E-state index in [9.17, 15) is 9.59 Å². The van der Waals surface area contributed by atoms with E-state index in [1.54, 1.807) is 4.90 Å². The number of nitrogens with one attached hydrogen (secondary N) is 1. The molecule has 0 fully saturated rings. The lowest BCUT2D eigenvalue weighted by Crippen LogP contribution is -2.40. The van der Waals surface area contributed by atoms with Gasteiger partial charge in [0.2, 0.25) is 11.9 Å². The van der Waals surface area contributed by atoms with Crippen LogP contribution in [-0.4, -0.2) is 46.1 Å². The summed E-state index contributed by atoms with van der Waals surface area (Å²) < 4.78 is 0. The van der Waals surface area contributed by atoms with Crippen LogP contribution in [0.3, 0.4) is 0 Å². The van der Waals surface area contributed by atoms with E-state index >= 15 is 0 Å². The largest absolute Gasteiger partial charge is 0.478 e. The van der Waals surface area contributed by atoms with Gasteiger partial charge in [0.15, 0.2) is 0 Å². The van der Waals surface area contributed by atoms with E-state index in [0.717, 1.165) is 0 Å². The van der Waals surface area contributed by atoms with Gasteiger partial charge in [-0.25, -0.2) is 14.8 Å². The lowest BCUT2D eigenvalue weighted by molar-refractivity contribution is -0.120. The third kappa shape index (κ3) is 4.53. The summed E-state index contributed by atoms with van der Waals surface area (Å²) in [5.41, 5.74) is 0.0198. The van der Waals surface area contributed by atoms with Crippen molar-refractivity contribution in [3.63, 3.8) is 0 Å². The topological polar surface area (TPSA) is 95.4 Å². The molecular weight excluding hydrogens is 248 g/mol. The first-order valence-electron chi connectivity index (χ1n) is 6.03. The fraction of sp³-hybridized carbons (Fsp3) is 0.500. The number of rotatable bonds is 6. The Morgan fingerprint density at radius 1 is 1.37 bits per heavy atom. The molecule has 0 spiro atoms. The van der Waals surface area contributed by atoms with E-state index in [1.807, 2.05) is 20.8 Å². The van der Waals surface area contributed by atoms with Crippen molar-refractivity contribution >= 4 is 17.8 Å². The van der Waals surface area contributed by atoms with Crippen LogP contribution in [0.2, 0.25) is 0 Å². The van der Waals surface area contributed by atoms with Crippen LogP contribution in [0.25, 0.3) is 0 Å². The highest BCUT2D eigenvalue weighted by Gasteiger charge is 2.13.